The van der Waals surface area contributed by atoms with Crippen molar-refractivity contribution in [3.05, 3.63) is 83.1 Å². The molecule has 0 fully saturated rings. The van der Waals surface area contributed by atoms with Crippen LogP contribution in [-0.2, 0) is 0 Å². The zero-order valence-corrected chi connectivity index (χ0v) is 14.4. The first kappa shape index (κ1) is 17.5. The van der Waals surface area contributed by atoms with Crippen molar-refractivity contribution in [2.75, 3.05) is 6.61 Å². The summed E-state index contributed by atoms with van der Waals surface area (Å²) in [6.45, 7) is -0.0283. The van der Waals surface area contributed by atoms with Crippen molar-refractivity contribution >= 4 is 23.5 Å². The maximum atomic E-state index is 12.2. The van der Waals surface area contributed by atoms with Gasteiger partial charge in [0.15, 0.2) is 12.4 Å². The average molecular weight is 364 g/mol. The van der Waals surface area contributed by atoms with Crippen LogP contribution in [0.25, 0.3) is 17.4 Å². The van der Waals surface area contributed by atoms with Crippen LogP contribution < -0.4 is 4.74 Å². The number of nitriles is 1. The van der Waals surface area contributed by atoms with Gasteiger partial charge in [-0.15, -0.1) is 0 Å². The van der Waals surface area contributed by atoms with Crippen LogP contribution in [0.2, 0.25) is 5.02 Å². The van der Waals surface area contributed by atoms with E-state index in [9.17, 15) is 4.79 Å². The molecule has 0 spiro atoms. The molecule has 3 rings (SSSR count). The number of ketones is 1. The van der Waals surface area contributed by atoms with Crippen LogP contribution in [0.1, 0.15) is 16.1 Å². The second-order valence-corrected chi connectivity index (χ2v) is 5.76. The fraction of sp³-hybridized carbons (Fsp3) is 0.0476. The van der Waals surface area contributed by atoms with Crippen LogP contribution >= 0.6 is 11.6 Å². The van der Waals surface area contributed by atoms with Crippen LogP contribution in [0.3, 0.4) is 0 Å². The Balaban J connectivity index is 1.69. The fourth-order valence-electron chi connectivity index (χ4n) is 2.33. The average Bonchev–Trinajstić information content (AvgIpc) is 3.14. The van der Waals surface area contributed by atoms with Gasteiger partial charge in [-0.05, 0) is 60.7 Å². The van der Waals surface area contributed by atoms with Crippen LogP contribution in [-0.4, -0.2) is 12.4 Å². The van der Waals surface area contributed by atoms with E-state index in [4.69, 9.17) is 26.0 Å². The third kappa shape index (κ3) is 4.21. The number of nitrogens with zero attached hydrogens (tertiary/aromatic N) is 1. The van der Waals surface area contributed by atoms with Gasteiger partial charge in [-0.2, -0.15) is 5.26 Å². The molecule has 0 atom stereocenters. The molecule has 0 aliphatic carbocycles. The summed E-state index contributed by atoms with van der Waals surface area (Å²) >= 11 is 6.16. The highest BCUT2D eigenvalue weighted by molar-refractivity contribution is 6.33. The van der Waals surface area contributed by atoms with Crippen molar-refractivity contribution in [1.82, 2.24) is 0 Å². The summed E-state index contributed by atoms with van der Waals surface area (Å²) < 4.78 is 10.9. The molecule has 128 valence electrons. The number of ether oxygens (including phenoxy) is 1. The zero-order chi connectivity index (χ0) is 18.4. The first-order valence-electron chi connectivity index (χ1n) is 7.84. The van der Waals surface area contributed by atoms with Gasteiger partial charge in [0.1, 0.15) is 23.3 Å². The molecule has 0 amide bonds. The number of rotatable bonds is 6. The molecule has 0 N–H and O–H groups in total. The minimum Gasteiger partial charge on any atom is -0.479 e. The van der Waals surface area contributed by atoms with Gasteiger partial charge in [0.2, 0.25) is 0 Å². The molecule has 0 aliphatic heterocycles. The Labute approximate surface area is 155 Å². The number of hydrogen-bond acceptors (Lipinski definition) is 4. The largest absolute Gasteiger partial charge is 0.479 e. The lowest BCUT2D eigenvalue weighted by molar-refractivity contribution is 0.104. The van der Waals surface area contributed by atoms with Crippen molar-refractivity contribution in [3.63, 3.8) is 0 Å². The monoisotopic (exact) mass is 363 g/mol. The topological polar surface area (TPSA) is 63.2 Å². The Hall–Kier alpha value is -3.29. The van der Waals surface area contributed by atoms with Crippen molar-refractivity contribution in [3.8, 4) is 23.1 Å². The van der Waals surface area contributed by atoms with E-state index in [-0.39, 0.29) is 12.4 Å². The number of furan rings is 1. The number of benzene rings is 2. The lowest BCUT2D eigenvalue weighted by atomic mass is 10.1. The Kier molecular flexibility index (Phi) is 5.52. The Morgan fingerprint density at radius 3 is 2.62 bits per heavy atom. The molecule has 1 aromatic heterocycles. The predicted octanol–water partition coefficient (Wildman–Crippen LogP) is 5.40. The summed E-state index contributed by atoms with van der Waals surface area (Å²) in [6, 6.07) is 19.5. The zero-order valence-electron chi connectivity index (χ0n) is 13.7. The second-order valence-electron chi connectivity index (χ2n) is 5.35. The summed E-state index contributed by atoms with van der Waals surface area (Å²) in [5.74, 6) is 1.58. The predicted molar refractivity (Wildman–Crippen MR) is 100 cm³/mol. The quantitative estimate of drug-likeness (QED) is 0.434. The Morgan fingerprint density at radius 2 is 1.88 bits per heavy atom. The summed E-state index contributed by atoms with van der Waals surface area (Å²) in [5.41, 5.74) is 1.32. The second kappa shape index (κ2) is 8.19. The molecule has 0 saturated heterocycles. The molecule has 0 saturated carbocycles. The molecule has 26 heavy (non-hydrogen) atoms. The third-order valence-electron chi connectivity index (χ3n) is 3.61. The first-order chi connectivity index (χ1) is 12.7. The van der Waals surface area contributed by atoms with E-state index in [2.05, 4.69) is 0 Å². The van der Waals surface area contributed by atoms with Gasteiger partial charge < -0.3 is 9.15 Å². The van der Waals surface area contributed by atoms with Crippen molar-refractivity contribution < 1.29 is 13.9 Å². The van der Waals surface area contributed by atoms with E-state index in [0.717, 1.165) is 5.56 Å². The van der Waals surface area contributed by atoms with E-state index in [0.29, 0.717) is 27.9 Å². The number of carbonyl (C=O) groups is 1. The van der Waals surface area contributed by atoms with E-state index in [1.807, 2.05) is 30.3 Å². The third-order valence-corrected chi connectivity index (χ3v) is 3.94. The van der Waals surface area contributed by atoms with Crippen LogP contribution in [0.15, 0.2) is 71.2 Å². The molecule has 3 aromatic rings. The lowest BCUT2D eigenvalue weighted by Crippen LogP contribution is -1.96. The Morgan fingerprint density at radius 1 is 1.12 bits per heavy atom. The summed E-state index contributed by atoms with van der Waals surface area (Å²) in [6.07, 6.45) is 3.06. The maximum absolute atomic E-state index is 12.2. The normalized spacial score (nSPS) is 10.6. The molecule has 0 radical (unpaired) electrons. The Bertz CT molecular complexity index is 981. The summed E-state index contributed by atoms with van der Waals surface area (Å²) in [4.78, 5) is 12.2. The molecule has 0 bridgehead atoms. The smallest absolute Gasteiger partial charge is 0.185 e. The number of carbonyl (C=O) groups excluding carboxylic acids is 1. The summed E-state index contributed by atoms with van der Waals surface area (Å²) in [5, 5.41) is 9.09. The lowest BCUT2D eigenvalue weighted by Gasteiger charge is -2.01. The molecule has 0 aliphatic rings. The molecule has 0 unspecified atom stereocenters. The van der Waals surface area contributed by atoms with E-state index >= 15 is 0 Å². The highest BCUT2D eigenvalue weighted by Gasteiger charge is 2.07. The standard InChI is InChI=1S/C21H14ClNO3/c22-19-4-2-1-3-18(19)21-12-10-17(26-21)9-11-20(24)15-5-7-16(8-6-15)25-14-13-23/h1-12H,14H2/b11-9+. The van der Waals surface area contributed by atoms with Gasteiger partial charge in [-0.25, -0.2) is 0 Å². The molecule has 4 nitrogen and oxygen atoms in total. The van der Waals surface area contributed by atoms with Crippen molar-refractivity contribution in [1.29, 1.82) is 5.26 Å². The van der Waals surface area contributed by atoms with Crippen LogP contribution in [0, 0.1) is 11.3 Å². The molecular weight excluding hydrogens is 350 g/mol. The van der Waals surface area contributed by atoms with Gasteiger partial charge in [-0.3, -0.25) is 4.79 Å². The number of hydrogen-bond donors (Lipinski definition) is 0. The van der Waals surface area contributed by atoms with E-state index in [1.165, 1.54) is 6.08 Å². The fourth-order valence-corrected chi connectivity index (χ4v) is 2.56. The van der Waals surface area contributed by atoms with Gasteiger partial charge in [0, 0.05) is 11.1 Å². The first-order valence-corrected chi connectivity index (χ1v) is 8.22. The van der Waals surface area contributed by atoms with Crippen LogP contribution in [0.5, 0.6) is 5.75 Å². The van der Waals surface area contributed by atoms with Crippen molar-refractivity contribution in [2.24, 2.45) is 0 Å². The highest BCUT2D eigenvalue weighted by Crippen LogP contribution is 2.29. The van der Waals surface area contributed by atoms with Crippen LogP contribution in [0.4, 0.5) is 0 Å². The highest BCUT2D eigenvalue weighted by atomic mass is 35.5. The molecule has 1 heterocycles. The van der Waals surface area contributed by atoms with E-state index in [1.54, 1.807) is 42.5 Å². The molecule has 5 heteroatoms. The van der Waals surface area contributed by atoms with Gasteiger partial charge >= 0.3 is 0 Å². The van der Waals surface area contributed by atoms with Gasteiger partial charge in [-0.1, -0.05) is 23.7 Å². The molecular formula is C21H14ClNO3. The SMILES string of the molecule is N#CCOc1ccc(C(=O)/C=C/c2ccc(-c3ccccc3Cl)o2)cc1. The number of allylic oxidation sites excluding steroid dienone is 1. The van der Waals surface area contributed by atoms with Gasteiger partial charge in [0.05, 0.1) is 5.02 Å². The minimum atomic E-state index is -0.160. The molecule has 2 aromatic carbocycles. The number of halogens is 1. The summed E-state index contributed by atoms with van der Waals surface area (Å²) in [7, 11) is 0. The van der Waals surface area contributed by atoms with Crippen molar-refractivity contribution in [2.45, 2.75) is 0 Å². The maximum Gasteiger partial charge on any atom is 0.185 e. The van der Waals surface area contributed by atoms with Gasteiger partial charge in [0.25, 0.3) is 0 Å². The van der Waals surface area contributed by atoms with E-state index < -0.39 is 0 Å². The minimum absolute atomic E-state index is 0.0283.